The molecule has 2 nitrogen and oxygen atoms in total. The molecule has 0 aliphatic heterocycles. The predicted molar refractivity (Wildman–Crippen MR) is 73.6 cm³/mol. The molecule has 0 aliphatic rings. The molecule has 17 heavy (non-hydrogen) atoms. The SMILES string of the molecule is Cc1cc(OCC(=O)C(C)(C)C)cc(C)c1Br. The van der Waals surface area contributed by atoms with E-state index in [2.05, 4.69) is 15.9 Å². The second kappa shape index (κ2) is 5.21. The summed E-state index contributed by atoms with van der Waals surface area (Å²) in [4.78, 5) is 11.7. The van der Waals surface area contributed by atoms with Crippen LogP contribution in [-0.4, -0.2) is 12.4 Å². The molecular weight excluding hydrogens is 280 g/mol. The molecule has 0 spiro atoms. The largest absolute Gasteiger partial charge is 0.486 e. The van der Waals surface area contributed by atoms with Gasteiger partial charge in [-0.2, -0.15) is 0 Å². The summed E-state index contributed by atoms with van der Waals surface area (Å²) in [7, 11) is 0. The minimum Gasteiger partial charge on any atom is -0.486 e. The number of hydrogen-bond acceptors (Lipinski definition) is 2. The van der Waals surface area contributed by atoms with E-state index >= 15 is 0 Å². The van der Waals surface area contributed by atoms with E-state index in [9.17, 15) is 4.79 Å². The van der Waals surface area contributed by atoms with Gasteiger partial charge in [0.25, 0.3) is 0 Å². The first-order valence-electron chi connectivity index (χ1n) is 5.64. The topological polar surface area (TPSA) is 26.3 Å². The van der Waals surface area contributed by atoms with E-state index in [-0.39, 0.29) is 17.8 Å². The van der Waals surface area contributed by atoms with Gasteiger partial charge >= 0.3 is 0 Å². The quantitative estimate of drug-likeness (QED) is 0.841. The highest BCUT2D eigenvalue weighted by Crippen LogP contribution is 2.26. The lowest BCUT2D eigenvalue weighted by atomic mass is 9.91. The molecule has 0 bridgehead atoms. The second-order valence-corrected chi connectivity index (χ2v) is 6.13. The molecule has 0 aliphatic carbocycles. The summed E-state index contributed by atoms with van der Waals surface area (Å²) in [6.45, 7) is 9.85. The molecule has 0 heterocycles. The molecule has 1 aromatic carbocycles. The first kappa shape index (κ1) is 14.2. The van der Waals surface area contributed by atoms with Crippen LogP contribution in [0.25, 0.3) is 0 Å². The van der Waals surface area contributed by atoms with Crippen LogP contribution in [0.5, 0.6) is 5.75 Å². The van der Waals surface area contributed by atoms with Crippen molar-refractivity contribution in [3.05, 3.63) is 27.7 Å². The van der Waals surface area contributed by atoms with Crippen molar-refractivity contribution in [2.24, 2.45) is 5.41 Å². The Labute approximate surface area is 111 Å². The lowest BCUT2D eigenvalue weighted by Crippen LogP contribution is -2.26. The Bertz CT molecular complexity index is 407. The summed E-state index contributed by atoms with van der Waals surface area (Å²) in [5, 5.41) is 0. The van der Waals surface area contributed by atoms with Crippen molar-refractivity contribution in [3.8, 4) is 5.75 Å². The number of rotatable bonds is 3. The van der Waals surface area contributed by atoms with E-state index in [1.807, 2.05) is 46.8 Å². The van der Waals surface area contributed by atoms with Crippen molar-refractivity contribution in [3.63, 3.8) is 0 Å². The molecule has 0 N–H and O–H groups in total. The Hall–Kier alpha value is -0.830. The minimum atomic E-state index is -0.348. The van der Waals surface area contributed by atoms with Gasteiger partial charge in [-0.3, -0.25) is 4.79 Å². The number of carbonyl (C=O) groups excluding carboxylic acids is 1. The number of Topliss-reactive ketones (excluding diaryl/α,β-unsaturated/α-hetero) is 1. The smallest absolute Gasteiger partial charge is 0.175 e. The zero-order valence-corrected chi connectivity index (χ0v) is 12.6. The van der Waals surface area contributed by atoms with Gasteiger partial charge in [-0.05, 0) is 37.1 Å². The van der Waals surface area contributed by atoms with Crippen LogP contribution in [0.1, 0.15) is 31.9 Å². The maximum absolute atomic E-state index is 11.7. The van der Waals surface area contributed by atoms with Crippen LogP contribution in [-0.2, 0) is 4.79 Å². The molecule has 0 saturated heterocycles. The maximum Gasteiger partial charge on any atom is 0.175 e. The van der Waals surface area contributed by atoms with Crippen LogP contribution < -0.4 is 4.74 Å². The van der Waals surface area contributed by atoms with Gasteiger partial charge in [0.05, 0.1) is 0 Å². The standard InChI is InChI=1S/C14H19BrO2/c1-9-6-11(7-10(2)13(9)15)17-8-12(16)14(3,4)5/h6-7H,8H2,1-5H3. The number of ether oxygens (including phenoxy) is 1. The Morgan fingerprint density at radius 1 is 1.24 bits per heavy atom. The third-order valence-corrected chi connectivity index (χ3v) is 3.87. The van der Waals surface area contributed by atoms with Crippen molar-refractivity contribution < 1.29 is 9.53 Å². The van der Waals surface area contributed by atoms with Crippen molar-refractivity contribution in [1.82, 2.24) is 0 Å². The number of benzene rings is 1. The first-order valence-corrected chi connectivity index (χ1v) is 6.44. The van der Waals surface area contributed by atoms with E-state index in [0.717, 1.165) is 21.3 Å². The van der Waals surface area contributed by atoms with Crippen molar-refractivity contribution in [2.75, 3.05) is 6.61 Å². The average molecular weight is 299 g/mol. The monoisotopic (exact) mass is 298 g/mol. The van der Waals surface area contributed by atoms with Crippen LogP contribution in [0.2, 0.25) is 0 Å². The number of aryl methyl sites for hydroxylation is 2. The molecule has 0 amide bonds. The van der Waals surface area contributed by atoms with Crippen molar-refractivity contribution >= 4 is 21.7 Å². The van der Waals surface area contributed by atoms with E-state index in [1.54, 1.807) is 0 Å². The highest BCUT2D eigenvalue weighted by atomic mass is 79.9. The van der Waals surface area contributed by atoms with E-state index in [1.165, 1.54) is 0 Å². The van der Waals surface area contributed by atoms with E-state index in [4.69, 9.17) is 4.74 Å². The number of halogens is 1. The van der Waals surface area contributed by atoms with Crippen LogP contribution in [0.4, 0.5) is 0 Å². The molecule has 0 saturated carbocycles. The van der Waals surface area contributed by atoms with Gasteiger partial charge in [0.15, 0.2) is 5.78 Å². The van der Waals surface area contributed by atoms with Crippen molar-refractivity contribution in [1.29, 1.82) is 0 Å². The van der Waals surface area contributed by atoms with E-state index < -0.39 is 0 Å². The van der Waals surface area contributed by atoms with Crippen LogP contribution in [0.15, 0.2) is 16.6 Å². The summed E-state index contributed by atoms with van der Waals surface area (Å²) in [5.41, 5.74) is 1.88. The fourth-order valence-corrected chi connectivity index (χ4v) is 1.58. The Kier molecular flexibility index (Phi) is 4.36. The van der Waals surface area contributed by atoms with Crippen LogP contribution >= 0.6 is 15.9 Å². The summed E-state index contributed by atoms with van der Waals surface area (Å²) >= 11 is 3.50. The number of carbonyl (C=O) groups is 1. The molecule has 0 radical (unpaired) electrons. The molecule has 3 heteroatoms. The molecular formula is C14H19BrO2. The van der Waals surface area contributed by atoms with Gasteiger partial charge in [-0.15, -0.1) is 0 Å². The zero-order chi connectivity index (χ0) is 13.2. The van der Waals surface area contributed by atoms with Crippen LogP contribution in [0.3, 0.4) is 0 Å². The molecule has 0 atom stereocenters. The van der Waals surface area contributed by atoms with Crippen LogP contribution in [0, 0.1) is 19.3 Å². The summed E-state index contributed by atoms with van der Waals surface area (Å²) in [6, 6.07) is 3.88. The lowest BCUT2D eigenvalue weighted by molar-refractivity contribution is -0.128. The molecule has 0 aromatic heterocycles. The Balaban J connectivity index is 2.74. The number of hydrogen-bond donors (Lipinski definition) is 0. The number of ketones is 1. The van der Waals surface area contributed by atoms with Gasteiger partial charge in [-0.1, -0.05) is 36.7 Å². The average Bonchev–Trinajstić information content (AvgIpc) is 2.20. The summed E-state index contributed by atoms with van der Waals surface area (Å²) in [5.74, 6) is 0.858. The summed E-state index contributed by atoms with van der Waals surface area (Å²) in [6.07, 6.45) is 0. The van der Waals surface area contributed by atoms with Crippen molar-refractivity contribution in [2.45, 2.75) is 34.6 Å². The van der Waals surface area contributed by atoms with Gasteiger partial charge in [0.2, 0.25) is 0 Å². The third-order valence-electron chi connectivity index (χ3n) is 2.62. The highest BCUT2D eigenvalue weighted by Gasteiger charge is 2.21. The van der Waals surface area contributed by atoms with Gasteiger partial charge < -0.3 is 4.74 Å². The third kappa shape index (κ3) is 3.84. The highest BCUT2D eigenvalue weighted by molar-refractivity contribution is 9.10. The maximum atomic E-state index is 11.7. The normalized spacial score (nSPS) is 11.4. The minimum absolute atomic E-state index is 0.107. The predicted octanol–water partition coefficient (Wildman–Crippen LogP) is 4.06. The first-order chi connectivity index (χ1) is 7.71. The zero-order valence-electron chi connectivity index (χ0n) is 11.1. The second-order valence-electron chi connectivity index (χ2n) is 5.33. The van der Waals surface area contributed by atoms with E-state index in [0.29, 0.717) is 0 Å². The molecule has 0 fully saturated rings. The van der Waals surface area contributed by atoms with Gasteiger partial charge in [0.1, 0.15) is 12.4 Å². The Morgan fingerprint density at radius 2 is 1.71 bits per heavy atom. The fraction of sp³-hybridized carbons (Fsp3) is 0.500. The molecule has 0 unspecified atom stereocenters. The molecule has 1 aromatic rings. The fourth-order valence-electron chi connectivity index (χ4n) is 1.35. The molecule has 1 rings (SSSR count). The summed E-state index contributed by atoms with van der Waals surface area (Å²) < 4.78 is 6.63. The lowest BCUT2D eigenvalue weighted by Gasteiger charge is -2.17. The molecule has 94 valence electrons. The van der Waals surface area contributed by atoms with Gasteiger partial charge in [0, 0.05) is 9.89 Å². The van der Waals surface area contributed by atoms with Gasteiger partial charge in [-0.25, -0.2) is 0 Å². The Morgan fingerprint density at radius 3 is 2.12 bits per heavy atom.